The predicted molar refractivity (Wildman–Crippen MR) is 73.6 cm³/mol. The Hall–Kier alpha value is -1.30. The molecule has 0 aliphatic carbocycles. The van der Waals surface area contributed by atoms with Crippen LogP contribution in [-0.4, -0.2) is 15.8 Å². The summed E-state index contributed by atoms with van der Waals surface area (Å²) in [4.78, 5) is 8.98. The van der Waals surface area contributed by atoms with Crippen LogP contribution >= 0.6 is 35.0 Å². The summed E-state index contributed by atoms with van der Waals surface area (Å²) in [6.45, 7) is 0. The first kappa shape index (κ1) is 13.1. The van der Waals surface area contributed by atoms with Crippen LogP contribution in [0.3, 0.4) is 0 Å². The number of benzene rings is 1. The number of amidine groups is 1. The van der Waals surface area contributed by atoms with E-state index < -0.39 is 0 Å². The van der Waals surface area contributed by atoms with E-state index in [2.05, 4.69) is 9.97 Å². The smallest absolute Gasteiger partial charge is 0.193 e. The number of hydrogen-bond donors (Lipinski definition) is 2. The molecule has 0 aliphatic heterocycles. The fourth-order valence-corrected chi connectivity index (χ4v) is 2.47. The Morgan fingerprint density at radius 3 is 2.78 bits per heavy atom. The molecule has 0 radical (unpaired) electrons. The second-order valence-corrected chi connectivity index (χ2v) is 5.17. The van der Waals surface area contributed by atoms with Gasteiger partial charge in [-0.1, -0.05) is 23.2 Å². The highest BCUT2D eigenvalue weighted by molar-refractivity contribution is 7.99. The summed E-state index contributed by atoms with van der Waals surface area (Å²) in [5.74, 6) is -0.101. The zero-order valence-corrected chi connectivity index (χ0v) is 11.4. The molecule has 18 heavy (non-hydrogen) atoms. The van der Waals surface area contributed by atoms with Crippen LogP contribution in [0.15, 0.2) is 40.5 Å². The van der Waals surface area contributed by atoms with Crippen LogP contribution in [0, 0.1) is 5.41 Å². The van der Waals surface area contributed by atoms with Crippen LogP contribution in [0.4, 0.5) is 0 Å². The van der Waals surface area contributed by atoms with Gasteiger partial charge in [0.2, 0.25) is 0 Å². The van der Waals surface area contributed by atoms with Gasteiger partial charge in [0.25, 0.3) is 0 Å². The Morgan fingerprint density at radius 1 is 1.28 bits per heavy atom. The largest absolute Gasteiger partial charge is 0.382 e. The van der Waals surface area contributed by atoms with Crippen molar-refractivity contribution in [3.05, 3.63) is 46.2 Å². The Kier molecular flexibility index (Phi) is 4.06. The maximum atomic E-state index is 7.32. The third-order valence-corrected chi connectivity index (χ3v) is 3.62. The second-order valence-electron chi connectivity index (χ2n) is 3.31. The van der Waals surface area contributed by atoms with Gasteiger partial charge in [-0.05, 0) is 36.0 Å². The molecule has 7 heteroatoms. The first-order chi connectivity index (χ1) is 8.56. The van der Waals surface area contributed by atoms with Crippen LogP contribution in [0.25, 0.3) is 0 Å². The summed E-state index contributed by atoms with van der Waals surface area (Å²) < 4.78 is 0. The summed E-state index contributed by atoms with van der Waals surface area (Å²) in [6.07, 6.45) is 1.55. The lowest BCUT2D eigenvalue weighted by molar-refractivity contribution is 0.954. The summed E-state index contributed by atoms with van der Waals surface area (Å²) in [6, 6.07) is 6.73. The molecule has 0 spiro atoms. The van der Waals surface area contributed by atoms with Crippen molar-refractivity contribution in [1.82, 2.24) is 9.97 Å². The molecule has 0 aliphatic rings. The lowest BCUT2D eigenvalue weighted by Crippen LogP contribution is -2.13. The average Bonchev–Trinajstić information content (AvgIpc) is 2.34. The van der Waals surface area contributed by atoms with Gasteiger partial charge in [-0.15, -0.1) is 0 Å². The number of nitrogen functional groups attached to an aromatic ring is 1. The van der Waals surface area contributed by atoms with Gasteiger partial charge in [-0.25, -0.2) is 9.97 Å². The molecular weight excluding hydrogens is 291 g/mol. The summed E-state index contributed by atoms with van der Waals surface area (Å²) >= 11 is 13.2. The molecule has 4 nitrogen and oxygen atoms in total. The van der Waals surface area contributed by atoms with Crippen molar-refractivity contribution in [2.75, 3.05) is 0 Å². The molecular formula is C11H8Cl2N4S. The third-order valence-electron chi connectivity index (χ3n) is 2.00. The first-order valence-corrected chi connectivity index (χ1v) is 6.44. The minimum atomic E-state index is -0.101. The molecule has 1 heterocycles. The number of nitrogens with zero attached hydrogens (tertiary/aromatic N) is 2. The van der Waals surface area contributed by atoms with Crippen molar-refractivity contribution in [3.63, 3.8) is 0 Å². The van der Waals surface area contributed by atoms with Gasteiger partial charge in [-0.3, -0.25) is 5.41 Å². The van der Waals surface area contributed by atoms with Gasteiger partial charge in [0, 0.05) is 16.1 Å². The molecule has 0 saturated heterocycles. The molecule has 0 saturated carbocycles. The minimum absolute atomic E-state index is 0.101. The molecule has 92 valence electrons. The summed E-state index contributed by atoms with van der Waals surface area (Å²) in [7, 11) is 0. The number of halogens is 2. The molecule has 0 atom stereocenters. The standard InChI is InChI=1S/C11H8Cl2N4S/c12-6-1-2-7(13)9(5-6)18-11-16-4-3-8(17-11)10(14)15/h1-5H,(H3,14,15). The molecule has 0 amide bonds. The van der Waals surface area contributed by atoms with Crippen LogP contribution in [0.5, 0.6) is 0 Å². The Bertz CT molecular complexity index is 603. The van der Waals surface area contributed by atoms with E-state index in [1.807, 2.05) is 0 Å². The van der Waals surface area contributed by atoms with Gasteiger partial charge in [0.05, 0.1) is 5.02 Å². The van der Waals surface area contributed by atoms with Crippen molar-refractivity contribution >= 4 is 40.8 Å². The van der Waals surface area contributed by atoms with Crippen molar-refractivity contribution in [3.8, 4) is 0 Å². The topological polar surface area (TPSA) is 75.7 Å². The van der Waals surface area contributed by atoms with Crippen molar-refractivity contribution in [1.29, 1.82) is 5.41 Å². The van der Waals surface area contributed by atoms with E-state index >= 15 is 0 Å². The second kappa shape index (κ2) is 5.56. The quantitative estimate of drug-likeness (QED) is 0.518. The third kappa shape index (κ3) is 3.13. The van der Waals surface area contributed by atoms with Gasteiger partial charge < -0.3 is 5.73 Å². The highest BCUT2D eigenvalue weighted by Crippen LogP contribution is 2.33. The zero-order valence-electron chi connectivity index (χ0n) is 9.02. The minimum Gasteiger partial charge on any atom is -0.382 e. The highest BCUT2D eigenvalue weighted by atomic mass is 35.5. The van der Waals surface area contributed by atoms with Gasteiger partial charge in [0.15, 0.2) is 5.16 Å². The average molecular weight is 299 g/mol. The molecule has 0 bridgehead atoms. The monoisotopic (exact) mass is 298 g/mol. The normalized spacial score (nSPS) is 10.3. The SMILES string of the molecule is N=C(N)c1ccnc(Sc2cc(Cl)ccc2Cl)n1. The van der Waals surface area contributed by atoms with E-state index in [1.165, 1.54) is 11.8 Å². The molecule has 3 N–H and O–H groups in total. The number of hydrogen-bond acceptors (Lipinski definition) is 4. The maximum absolute atomic E-state index is 7.32. The molecule has 2 aromatic rings. The van der Waals surface area contributed by atoms with Crippen LogP contribution in [0.2, 0.25) is 10.0 Å². The van der Waals surface area contributed by atoms with Crippen LogP contribution < -0.4 is 5.73 Å². The molecule has 0 fully saturated rings. The van der Waals surface area contributed by atoms with Crippen LogP contribution in [-0.2, 0) is 0 Å². The Morgan fingerprint density at radius 2 is 2.06 bits per heavy atom. The van der Waals surface area contributed by atoms with E-state index in [0.29, 0.717) is 20.9 Å². The number of nitrogens with two attached hydrogens (primary N) is 1. The van der Waals surface area contributed by atoms with Crippen molar-refractivity contribution < 1.29 is 0 Å². The summed E-state index contributed by atoms with van der Waals surface area (Å²) in [5.41, 5.74) is 5.75. The van der Waals surface area contributed by atoms with E-state index in [0.717, 1.165) is 4.90 Å². The first-order valence-electron chi connectivity index (χ1n) is 4.86. The lowest BCUT2D eigenvalue weighted by Gasteiger charge is -2.04. The lowest BCUT2D eigenvalue weighted by atomic mass is 10.4. The van der Waals surface area contributed by atoms with Gasteiger partial charge in [-0.2, -0.15) is 0 Å². The fraction of sp³-hybridized carbons (Fsp3) is 0. The fourth-order valence-electron chi connectivity index (χ4n) is 1.19. The molecule has 0 unspecified atom stereocenters. The predicted octanol–water partition coefficient (Wildman–Crippen LogP) is 3.22. The van der Waals surface area contributed by atoms with Gasteiger partial charge >= 0.3 is 0 Å². The number of aromatic nitrogens is 2. The molecule has 2 rings (SSSR count). The maximum Gasteiger partial charge on any atom is 0.193 e. The molecule has 1 aromatic heterocycles. The Balaban J connectivity index is 2.31. The van der Waals surface area contributed by atoms with Crippen molar-refractivity contribution in [2.45, 2.75) is 10.1 Å². The number of rotatable bonds is 3. The zero-order chi connectivity index (χ0) is 13.1. The molecule has 1 aromatic carbocycles. The van der Waals surface area contributed by atoms with E-state index in [1.54, 1.807) is 30.5 Å². The summed E-state index contributed by atoms with van der Waals surface area (Å²) in [5, 5.41) is 8.94. The van der Waals surface area contributed by atoms with E-state index in [9.17, 15) is 0 Å². The highest BCUT2D eigenvalue weighted by Gasteiger charge is 2.07. The Labute approximate surface area is 118 Å². The van der Waals surface area contributed by atoms with Crippen LogP contribution in [0.1, 0.15) is 5.69 Å². The number of nitrogens with one attached hydrogen (secondary N) is 1. The van der Waals surface area contributed by atoms with Crippen molar-refractivity contribution in [2.24, 2.45) is 5.73 Å². The van der Waals surface area contributed by atoms with E-state index in [-0.39, 0.29) is 5.84 Å². The van der Waals surface area contributed by atoms with Gasteiger partial charge in [0.1, 0.15) is 11.5 Å². The van der Waals surface area contributed by atoms with E-state index in [4.69, 9.17) is 34.3 Å².